The Hall–Kier alpha value is -1.76. The van der Waals surface area contributed by atoms with Crippen molar-refractivity contribution in [2.24, 2.45) is 0 Å². The summed E-state index contributed by atoms with van der Waals surface area (Å²) >= 11 is 0. The molecule has 0 amide bonds. The van der Waals surface area contributed by atoms with Crippen LogP contribution in [-0.4, -0.2) is 7.11 Å². The van der Waals surface area contributed by atoms with Gasteiger partial charge < -0.3 is 4.74 Å². The molecule has 0 aromatic carbocycles. The number of hydrogen-bond acceptors (Lipinski definition) is 1. The van der Waals surface area contributed by atoms with E-state index >= 15 is 0 Å². The molecule has 0 bridgehead atoms. The minimum absolute atomic E-state index is 0.963. The van der Waals surface area contributed by atoms with E-state index in [1.54, 1.807) is 13.4 Å². The normalized spacial score (nSPS) is 13.4. The third-order valence-corrected chi connectivity index (χ3v) is 2.29. The van der Waals surface area contributed by atoms with Crippen LogP contribution in [0.25, 0.3) is 0 Å². The van der Waals surface area contributed by atoms with Gasteiger partial charge in [0.1, 0.15) is 0 Å². The summed E-state index contributed by atoms with van der Waals surface area (Å²) in [7, 11) is 1.65. The van der Waals surface area contributed by atoms with Crippen molar-refractivity contribution in [1.82, 2.24) is 0 Å². The molecule has 0 radical (unpaired) electrons. The summed E-state index contributed by atoms with van der Waals surface area (Å²) in [4.78, 5) is 0. The Balaban J connectivity index is 3.48. The summed E-state index contributed by atoms with van der Waals surface area (Å²) in [6, 6.07) is 0. The molecule has 0 unspecified atom stereocenters. The van der Waals surface area contributed by atoms with E-state index in [1.807, 2.05) is 19.1 Å². The number of ether oxygens (including phenoxy) is 1. The van der Waals surface area contributed by atoms with Crippen LogP contribution in [0.5, 0.6) is 0 Å². The maximum Gasteiger partial charge on any atom is 0.0824 e. The van der Waals surface area contributed by atoms with E-state index < -0.39 is 0 Å². The standard InChI is InChI=1S/C18H26O/c1-3-4-5-6-7-8-9-10-11-12-13-14-15-16-17-18-19-2/h3-4,6-7,9-10,12-13,15-18H,5,8,11,14H2,1-2H3/b4-3-,7-6-,10-9-,13-12-,16-15-,18-17+. The van der Waals surface area contributed by atoms with Crippen LogP contribution in [0.1, 0.15) is 32.6 Å². The molecule has 0 aromatic heterocycles. The highest BCUT2D eigenvalue weighted by atomic mass is 16.5. The molecule has 0 aliphatic carbocycles. The summed E-state index contributed by atoms with van der Waals surface area (Å²) in [6.45, 7) is 2.04. The van der Waals surface area contributed by atoms with Crippen LogP contribution in [0.2, 0.25) is 0 Å². The largest absolute Gasteiger partial charge is 0.504 e. The van der Waals surface area contributed by atoms with Crippen molar-refractivity contribution in [2.75, 3.05) is 7.11 Å². The van der Waals surface area contributed by atoms with E-state index in [9.17, 15) is 0 Å². The number of methoxy groups -OCH3 is 1. The lowest BCUT2D eigenvalue weighted by Crippen LogP contribution is -1.64. The highest BCUT2D eigenvalue weighted by Crippen LogP contribution is 1.95. The van der Waals surface area contributed by atoms with Gasteiger partial charge in [-0.3, -0.25) is 0 Å². The van der Waals surface area contributed by atoms with Gasteiger partial charge in [-0.1, -0.05) is 60.8 Å². The molecule has 0 N–H and O–H groups in total. The molecule has 0 spiro atoms. The SMILES string of the molecule is C/C=C\C/C=C\C/C=C\C/C=C\C/C=C\C=C\OC. The molecule has 0 aromatic rings. The van der Waals surface area contributed by atoms with Gasteiger partial charge in [0, 0.05) is 0 Å². The first kappa shape index (κ1) is 17.2. The van der Waals surface area contributed by atoms with Crippen molar-refractivity contribution < 1.29 is 4.74 Å². The van der Waals surface area contributed by atoms with Crippen LogP contribution in [0, 0.1) is 0 Å². The van der Waals surface area contributed by atoms with Crippen molar-refractivity contribution in [3.05, 3.63) is 73.1 Å². The fourth-order valence-corrected chi connectivity index (χ4v) is 1.31. The van der Waals surface area contributed by atoms with Gasteiger partial charge in [0.25, 0.3) is 0 Å². The predicted octanol–water partition coefficient (Wildman–Crippen LogP) is 5.51. The van der Waals surface area contributed by atoms with E-state index in [0.29, 0.717) is 0 Å². The first-order valence-corrected chi connectivity index (χ1v) is 6.82. The van der Waals surface area contributed by atoms with Crippen LogP contribution < -0.4 is 0 Å². The third kappa shape index (κ3) is 16.2. The zero-order valence-corrected chi connectivity index (χ0v) is 12.2. The lowest BCUT2D eigenvalue weighted by Gasteiger charge is -1.85. The van der Waals surface area contributed by atoms with E-state index in [1.165, 1.54) is 0 Å². The van der Waals surface area contributed by atoms with E-state index in [-0.39, 0.29) is 0 Å². The van der Waals surface area contributed by atoms with Crippen LogP contribution in [-0.2, 0) is 4.74 Å². The van der Waals surface area contributed by atoms with Crippen molar-refractivity contribution in [3.8, 4) is 0 Å². The van der Waals surface area contributed by atoms with E-state index in [0.717, 1.165) is 25.7 Å². The molecule has 1 heteroatoms. The van der Waals surface area contributed by atoms with Gasteiger partial charge >= 0.3 is 0 Å². The Morgan fingerprint density at radius 3 is 1.58 bits per heavy atom. The van der Waals surface area contributed by atoms with Gasteiger partial charge in [0.15, 0.2) is 0 Å². The molecule has 19 heavy (non-hydrogen) atoms. The molecule has 1 nitrogen and oxygen atoms in total. The average Bonchev–Trinajstić information content (AvgIpc) is 2.43. The molecule has 0 aliphatic heterocycles. The number of allylic oxidation sites excluding steroid dienone is 11. The van der Waals surface area contributed by atoms with E-state index in [4.69, 9.17) is 4.74 Å². The molecule has 0 saturated carbocycles. The van der Waals surface area contributed by atoms with Crippen molar-refractivity contribution >= 4 is 0 Å². The molecule has 0 fully saturated rings. The van der Waals surface area contributed by atoms with Gasteiger partial charge in [-0.25, -0.2) is 0 Å². The van der Waals surface area contributed by atoms with Crippen molar-refractivity contribution in [2.45, 2.75) is 32.6 Å². The summed E-state index contributed by atoms with van der Waals surface area (Å²) in [5.74, 6) is 0. The van der Waals surface area contributed by atoms with Gasteiger partial charge in [-0.2, -0.15) is 0 Å². The first-order chi connectivity index (χ1) is 9.41. The predicted molar refractivity (Wildman–Crippen MR) is 86.0 cm³/mol. The molecule has 0 aliphatic rings. The Labute approximate surface area is 118 Å². The summed E-state index contributed by atoms with van der Waals surface area (Å²) < 4.78 is 4.79. The van der Waals surface area contributed by atoms with Gasteiger partial charge in [-0.05, 0) is 38.7 Å². The second-order valence-corrected chi connectivity index (χ2v) is 3.92. The maximum atomic E-state index is 4.79. The summed E-state index contributed by atoms with van der Waals surface area (Å²) in [6.07, 6.45) is 29.0. The van der Waals surface area contributed by atoms with Crippen LogP contribution in [0.3, 0.4) is 0 Å². The molecule has 0 saturated heterocycles. The molecular formula is C18H26O. The second kappa shape index (κ2) is 16.2. The van der Waals surface area contributed by atoms with Gasteiger partial charge in [0.2, 0.25) is 0 Å². The molecular weight excluding hydrogens is 232 g/mol. The van der Waals surface area contributed by atoms with Gasteiger partial charge in [0.05, 0.1) is 13.4 Å². The smallest absolute Gasteiger partial charge is 0.0824 e. The summed E-state index contributed by atoms with van der Waals surface area (Å²) in [5, 5.41) is 0. The van der Waals surface area contributed by atoms with Gasteiger partial charge in [-0.15, -0.1) is 0 Å². The minimum atomic E-state index is 0.963. The van der Waals surface area contributed by atoms with Crippen molar-refractivity contribution in [1.29, 1.82) is 0 Å². The highest BCUT2D eigenvalue weighted by Gasteiger charge is 1.74. The lowest BCUT2D eigenvalue weighted by molar-refractivity contribution is 0.338. The first-order valence-electron chi connectivity index (χ1n) is 6.82. The zero-order valence-electron chi connectivity index (χ0n) is 12.2. The lowest BCUT2D eigenvalue weighted by atomic mass is 10.2. The summed E-state index contributed by atoms with van der Waals surface area (Å²) in [5.41, 5.74) is 0. The van der Waals surface area contributed by atoms with E-state index in [2.05, 4.69) is 54.7 Å². The average molecular weight is 258 g/mol. The third-order valence-electron chi connectivity index (χ3n) is 2.29. The highest BCUT2D eigenvalue weighted by molar-refractivity contribution is 5.04. The van der Waals surface area contributed by atoms with Crippen LogP contribution in [0.15, 0.2) is 73.1 Å². The number of rotatable bonds is 10. The fraction of sp³-hybridized carbons (Fsp3) is 0.333. The van der Waals surface area contributed by atoms with Crippen LogP contribution >= 0.6 is 0 Å². The Kier molecular flexibility index (Phi) is 14.7. The number of hydrogen-bond donors (Lipinski definition) is 0. The Morgan fingerprint density at radius 1 is 0.632 bits per heavy atom. The maximum absolute atomic E-state index is 4.79. The fourth-order valence-electron chi connectivity index (χ4n) is 1.31. The van der Waals surface area contributed by atoms with Crippen LogP contribution in [0.4, 0.5) is 0 Å². The second-order valence-electron chi connectivity index (χ2n) is 3.92. The topological polar surface area (TPSA) is 9.23 Å². The zero-order chi connectivity index (χ0) is 14.0. The monoisotopic (exact) mass is 258 g/mol. The molecule has 0 heterocycles. The minimum Gasteiger partial charge on any atom is -0.504 e. The molecule has 0 rings (SSSR count). The van der Waals surface area contributed by atoms with Crippen molar-refractivity contribution in [3.63, 3.8) is 0 Å². The molecule has 0 atom stereocenters. The quantitative estimate of drug-likeness (QED) is 0.285. The Bertz CT molecular complexity index is 341. The molecule has 104 valence electrons. The Morgan fingerprint density at radius 2 is 1.11 bits per heavy atom.